The first-order chi connectivity index (χ1) is 8.55. The third-order valence-electron chi connectivity index (χ3n) is 3.03. The van der Waals surface area contributed by atoms with Crippen LogP contribution in [0.2, 0.25) is 0 Å². The van der Waals surface area contributed by atoms with Gasteiger partial charge in [0.2, 0.25) is 10.0 Å². The normalized spacial score (nSPS) is 20.2. The van der Waals surface area contributed by atoms with Gasteiger partial charge in [-0.1, -0.05) is 29.8 Å². The first kappa shape index (κ1) is 13.5. The molecule has 1 aromatic rings. The van der Waals surface area contributed by atoms with Crippen molar-refractivity contribution in [2.45, 2.75) is 31.6 Å². The Morgan fingerprint density at radius 2 is 2.06 bits per heavy atom. The van der Waals surface area contributed by atoms with Gasteiger partial charge in [0, 0.05) is 13.2 Å². The Kier molecular flexibility index (Phi) is 4.37. The highest BCUT2D eigenvalue weighted by atomic mass is 32.2. The van der Waals surface area contributed by atoms with Gasteiger partial charge in [0.25, 0.3) is 0 Å². The quantitative estimate of drug-likeness (QED) is 0.883. The zero-order valence-corrected chi connectivity index (χ0v) is 11.4. The Labute approximate surface area is 108 Å². The van der Waals surface area contributed by atoms with Crippen molar-refractivity contribution in [2.75, 3.05) is 13.2 Å². The number of nitrogens with one attached hydrogen (secondary N) is 1. The topological polar surface area (TPSA) is 55.4 Å². The van der Waals surface area contributed by atoms with Crippen molar-refractivity contribution in [1.29, 1.82) is 0 Å². The predicted molar refractivity (Wildman–Crippen MR) is 70.8 cm³/mol. The molecular formula is C13H19NO3S. The van der Waals surface area contributed by atoms with E-state index in [1.54, 1.807) is 0 Å². The zero-order chi connectivity index (χ0) is 13.0. The smallest absolute Gasteiger partial charge is 0.215 e. The summed E-state index contributed by atoms with van der Waals surface area (Å²) in [6.45, 7) is 3.10. The van der Waals surface area contributed by atoms with E-state index in [9.17, 15) is 8.42 Å². The molecule has 1 N–H and O–H groups in total. The van der Waals surface area contributed by atoms with E-state index in [0.717, 1.165) is 30.6 Å². The molecule has 1 unspecified atom stereocenters. The number of hydrogen-bond acceptors (Lipinski definition) is 3. The molecule has 0 radical (unpaired) electrons. The van der Waals surface area contributed by atoms with Gasteiger partial charge in [0.1, 0.15) is 0 Å². The minimum atomic E-state index is -3.26. The molecule has 1 aliphatic rings. The van der Waals surface area contributed by atoms with Crippen LogP contribution in [0.5, 0.6) is 0 Å². The second kappa shape index (κ2) is 5.82. The Hall–Kier alpha value is -0.910. The number of sulfonamides is 1. The SMILES string of the molecule is Cc1ccc(CS(=O)(=O)NCC2CCCO2)cc1. The first-order valence-corrected chi connectivity index (χ1v) is 7.85. The molecule has 1 fully saturated rings. The average Bonchev–Trinajstić information content (AvgIpc) is 2.83. The highest BCUT2D eigenvalue weighted by Gasteiger charge is 2.18. The number of hydrogen-bond donors (Lipinski definition) is 1. The summed E-state index contributed by atoms with van der Waals surface area (Å²) in [5, 5.41) is 0. The summed E-state index contributed by atoms with van der Waals surface area (Å²) in [6, 6.07) is 7.54. The van der Waals surface area contributed by atoms with E-state index in [0.29, 0.717) is 6.54 Å². The van der Waals surface area contributed by atoms with E-state index in [-0.39, 0.29) is 11.9 Å². The van der Waals surface area contributed by atoms with Crippen LogP contribution in [0.3, 0.4) is 0 Å². The van der Waals surface area contributed by atoms with Gasteiger partial charge in [-0.05, 0) is 25.3 Å². The van der Waals surface area contributed by atoms with Crippen molar-refractivity contribution in [1.82, 2.24) is 4.72 Å². The Bertz CT molecular complexity index is 475. The lowest BCUT2D eigenvalue weighted by molar-refractivity contribution is 0.114. The van der Waals surface area contributed by atoms with Gasteiger partial charge >= 0.3 is 0 Å². The van der Waals surface area contributed by atoms with Crippen LogP contribution in [-0.4, -0.2) is 27.7 Å². The second-order valence-electron chi connectivity index (χ2n) is 4.73. The molecule has 0 aromatic heterocycles. The van der Waals surface area contributed by atoms with Crippen LogP contribution in [-0.2, 0) is 20.5 Å². The highest BCUT2D eigenvalue weighted by molar-refractivity contribution is 7.88. The lowest BCUT2D eigenvalue weighted by Crippen LogP contribution is -2.32. The summed E-state index contributed by atoms with van der Waals surface area (Å²) in [5.74, 6) is 0.0278. The standard InChI is InChI=1S/C13H19NO3S/c1-11-4-6-12(7-5-11)10-18(15,16)14-9-13-3-2-8-17-13/h4-7,13-14H,2-3,8-10H2,1H3. The van der Waals surface area contributed by atoms with E-state index in [4.69, 9.17) is 4.74 Å². The summed E-state index contributed by atoms with van der Waals surface area (Å²) >= 11 is 0. The zero-order valence-electron chi connectivity index (χ0n) is 10.6. The van der Waals surface area contributed by atoms with E-state index in [1.807, 2.05) is 31.2 Å². The molecule has 0 spiro atoms. The van der Waals surface area contributed by atoms with E-state index >= 15 is 0 Å². The fourth-order valence-corrected chi connectivity index (χ4v) is 3.15. The number of aryl methyl sites for hydroxylation is 1. The number of benzene rings is 1. The number of rotatable bonds is 5. The van der Waals surface area contributed by atoms with Crippen LogP contribution in [0, 0.1) is 6.92 Å². The van der Waals surface area contributed by atoms with Gasteiger partial charge in [0.15, 0.2) is 0 Å². The molecule has 0 aliphatic carbocycles. The third kappa shape index (κ3) is 4.08. The van der Waals surface area contributed by atoms with Crippen LogP contribution in [0.4, 0.5) is 0 Å². The highest BCUT2D eigenvalue weighted by Crippen LogP contribution is 2.12. The fraction of sp³-hybridized carbons (Fsp3) is 0.538. The summed E-state index contributed by atoms with van der Waals surface area (Å²) < 4.78 is 31.7. The minimum absolute atomic E-state index is 0.0278. The molecule has 5 heteroatoms. The molecule has 0 saturated carbocycles. The van der Waals surface area contributed by atoms with Crippen LogP contribution < -0.4 is 4.72 Å². The maximum absolute atomic E-state index is 11.9. The molecule has 100 valence electrons. The van der Waals surface area contributed by atoms with Crippen molar-refractivity contribution >= 4 is 10.0 Å². The lowest BCUT2D eigenvalue weighted by Gasteiger charge is -2.11. The van der Waals surface area contributed by atoms with Gasteiger partial charge in [-0.3, -0.25) is 0 Å². The van der Waals surface area contributed by atoms with Gasteiger partial charge < -0.3 is 4.74 Å². The summed E-state index contributed by atoms with van der Waals surface area (Å²) in [4.78, 5) is 0. The van der Waals surface area contributed by atoms with Crippen LogP contribution in [0.1, 0.15) is 24.0 Å². The van der Waals surface area contributed by atoms with Crippen molar-refractivity contribution in [3.63, 3.8) is 0 Å². The molecule has 1 saturated heterocycles. The van der Waals surface area contributed by atoms with E-state index in [1.165, 1.54) is 0 Å². The molecule has 1 atom stereocenters. The van der Waals surface area contributed by atoms with Crippen LogP contribution >= 0.6 is 0 Å². The van der Waals surface area contributed by atoms with E-state index < -0.39 is 10.0 Å². The minimum Gasteiger partial charge on any atom is -0.377 e. The summed E-state index contributed by atoms with van der Waals surface area (Å²) in [7, 11) is -3.26. The largest absolute Gasteiger partial charge is 0.377 e. The molecule has 0 bridgehead atoms. The third-order valence-corrected chi connectivity index (χ3v) is 4.35. The Balaban J connectivity index is 1.88. The Morgan fingerprint density at radius 1 is 1.33 bits per heavy atom. The van der Waals surface area contributed by atoms with Crippen molar-refractivity contribution < 1.29 is 13.2 Å². The van der Waals surface area contributed by atoms with Crippen molar-refractivity contribution in [3.05, 3.63) is 35.4 Å². The van der Waals surface area contributed by atoms with Gasteiger partial charge in [-0.15, -0.1) is 0 Å². The molecule has 1 aromatic carbocycles. The Morgan fingerprint density at radius 3 is 2.67 bits per heavy atom. The summed E-state index contributed by atoms with van der Waals surface area (Å²) in [5.41, 5.74) is 1.93. The van der Waals surface area contributed by atoms with Gasteiger partial charge in [-0.25, -0.2) is 13.1 Å². The van der Waals surface area contributed by atoms with Crippen LogP contribution in [0.15, 0.2) is 24.3 Å². The summed E-state index contributed by atoms with van der Waals surface area (Å²) in [6.07, 6.45) is 2.00. The second-order valence-corrected chi connectivity index (χ2v) is 6.54. The average molecular weight is 269 g/mol. The monoisotopic (exact) mass is 269 g/mol. The molecule has 4 nitrogen and oxygen atoms in total. The fourth-order valence-electron chi connectivity index (χ4n) is 1.98. The van der Waals surface area contributed by atoms with Crippen molar-refractivity contribution in [3.8, 4) is 0 Å². The predicted octanol–water partition coefficient (Wildman–Crippen LogP) is 1.59. The first-order valence-electron chi connectivity index (χ1n) is 6.20. The maximum Gasteiger partial charge on any atom is 0.215 e. The maximum atomic E-state index is 11.9. The van der Waals surface area contributed by atoms with Crippen LogP contribution in [0.25, 0.3) is 0 Å². The molecule has 1 heterocycles. The molecule has 18 heavy (non-hydrogen) atoms. The molecule has 1 aliphatic heterocycles. The van der Waals surface area contributed by atoms with Gasteiger partial charge in [-0.2, -0.15) is 0 Å². The van der Waals surface area contributed by atoms with Crippen molar-refractivity contribution in [2.24, 2.45) is 0 Å². The lowest BCUT2D eigenvalue weighted by atomic mass is 10.2. The molecule has 2 rings (SSSR count). The van der Waals surface area contributed by atoms with E-state index in [2.05, 4.69) is 4.72 Å². The molecule has 0 amide bonds. The molecular weight excluding hydrogens is 250 g/mol. The number of ether oxygens (including phenoxy) is 1. The van der Waals surface area contributed by atoms with Gasteiger partial charge in [0.05, 0.1) is 11.9 Å².